The molecule has 0 aromatic carbocycles. The predicted octanol–water partition coefficient (Wildman–Crippen LogP) is 1.72. The highest BCUT2D eigenvalue weighted by atomic mass is 16.5. The fourth-order valence-electron chi connectivity index (χ4n) is 1.47. The minimum absolute atomic E-state index is 0.196. The smallest absolute Gasteiger partial charge is 0.323 e. The van der Waals surface area contributed by atoms with E-state index in [9.17, 15) is 0 Å². The van der Waals surface area contributed by atoms with Crippen LogP contribution in [0, 0.1) is 5.92 Å². The van der Waals surface area contributed by atoms with Crippen molar-refractivity contribution in [2.75, 3.05) is 30.8 Å². The van der Waals surface area contributed by atoms with E-state index in [1.165, 1.54) is 0 Å². The summed E-state index contributed by atoms with van der Waals surface area (Å²) >= 11 is 0. The molecule has 1 unspecified atom stereocenters. The van der Waals surface area contributed by atoms with Crippen LogP contribution in [0.5, 0.6) is 6.01 Å². The molecule has 0 spiro atoms. The summed E-state index contributed by atoms with van der Waals surface area (Å²) in [6.07, 6.45) is 2.02. The summed E-state index contributed by atoms with van der Waals surface area (Å²) in [7, 11) is 1.95. The minimum atomic E-state index is 0.196. The van der Waals surface area contributed by atoms with E-state index in [2.05, 4.69) is 28.8 Å². The van der Waals surface area contributed by atoms with Gasteiger partial charge in [0.2, 0.25) is 11.9 Å². The van der Waals surface area contributed by atoms with E-state index in [-0.39, 0.29) is 5.95 Å². The molecule has 0 aliphatic carbocycles. The molecule has 0 aliphatic rings. The molecule has 0 saturated heterocycles. The Bertz CT molecular complexity index is 371. The molecule has 1 rings (SSSR count). The molecule has 18 heavy (non-hydrogen) atoms. The number of aromatic nitrogens is 3. The van der Waals surface area contributed by atoms with E-state index < -0.39 is 0 Å². The first kappa shape index (κ1) is 14.5. The van der Waals surface area contributed by atoms with Crippen LogP contribution in [0.25, 0.3) is 0 Å². The predicted molar refractivity (Wildman–Crippen MR) is 72.8 cm³/mol. The molecule has 0 aliphatic heterocycles. The van der Waals surface area contributed by atoms with E-state index in [4.69, 9.17) is 10.5 Å². The van der Waals surface area contributed by atoms with E-state index >= 15 is 0 Å². The zero-order valence-electron chi connectivity index (χ0n) is 11.7. The van der Waals surface area contributed by atoms with Gasteiger partial charge in [-0.25, -0.2) is 0 Å². The van der Waals surface area contributed by atoms with Crippen molar-refractivity contribution in [3.05, 3.63) is 0 Å². The molecule has 0 amide bonds. The van der Waals surface area contributed by atoms with Crippen molar-refractivity contribution in [1.29, 1.82) is 0 Å². The van der Waals surface area contributed by atoms with Gasteiger partial charge in [-0.05, 0) is 12.3 Å². The average Bonchev–Trinajstić information content (AvgIpc) is 2.35. The fourth-order valence-corrected chi connectivity index (χ4v) is 1.47. The van der Waals surface area contributed by atoms with Crippen molar-refractivity contribution in [2.45, 2.75) is 33.6 Å². The molecule has 1 heterocycles. The first-order valence-corrected chi connectivity index (χ1v) is 6.42. The topological polar surface area (TPSA) is 77.2 Å². The Morgan fingerprint density at radius 1 is 1.28 bits per heavy atom. The molecular weight excluding hydrogens is 230 g/mol. The van der Waals surface area contributed by atoms with E-state index in [0.29, 0.717) is 24.5 Å². The van der Waals surface area contributed by atoms with E-state index in [0.717, 1.165) is 19.4 Å². The van der Waals surface area contributed by atoms with Crippen LogP contribution in [-0.4, -0.2) is 35.2 Å². The number of ether oxygens (including phenoxy) is 1. The first-order valence-electron chi connectivity index (χ1n) is 6.42. The van der Waals surface area contributed by atoms with Gasteiger partial charge in [-0.1, -0.05) is 27.2 Å². The second kappa shape index (κ2) is 6.98. The lowest BCUT2D eigenvalue weighted by Crippen LogP contribution is -2.26. The van der Waals surface area contributed by atoms with Crippen molar-refractivity contribution in [3.63, 3.8) is 0 Å². The third-order valence-corrected chi connectivity index (χ3v) is 2.68. The van der Waals surface area contributed by atoms with Gasteiger partial charge in [0.05, 0.1) is 6.61 Å². The number of nitrogen functional groups attached to an aromatic ring is 1. The van der Waals surface area contributed by atoms with Gasteiger partial charge in [0, 0.05) is 13.6 Å². The fraction of sp³-hybridized carbons (Fsp3) is 0.750. The van der Waals surface area contributed by atoms with Crippen LogP contribution in [0.2, 0.25) is 0 Å². The normalized spacial score (nSPS) is 12.2. The second-order valence-corrected chi connectivity index (χ2v) is 4.52. The molecule has 0 radical (unpaired) electrons. The Morgan fingerprint density at radius 2 is 2.00 bits per heavy atom. The SMILES string of the molecule is CCCOc1nc(N)nc(N(C)CC(C)CC)n1. The second-order valence-electron chi connectivity index (χ2n) is 4.52. The molecule has 102 valence electrons. The molecule has 0 saturated carbocycles. The Morgan fingerprint density at radius 3 is 2.61 bits per heavy atom. The van der Waals surface area contributed by atoms with Crippen LogP contribution in [0.15, 0.2) is 0 Å². The quantitative estimate of drug-likeness (QED) is 0.797. The molecule has 6 nitrogen and oxygen atoms in total. The number of hydrogen-bond donors (Lipinski definition) is 1. The van der Waals surface area contributed by atoms with Crippen LogP contribution in [0.3, 0.4) is 0 Å². The number of rotatable bonds is 7. The highest BCUT2D eigenvalue weighted by Gasteiger charge is 2.11. The monoisotopic (exact) mass is 253 g/mol. The lowest BCUT2D eigenvalue weighted by atomic mass is 10.1. The number of hydrogen-bond acceptors (Lipinski definition) is 6. The Balaban J connectivity index is 2.77. The lowest BCUT2D eigenvalue weighted by Gasteiger charge is -2.20. The highest BCUT2D eigenvalue weighted by molar-refractivity contribution is 5.34. The minimum Gasteiger partial charge on any atom is -0.463 e. The Labute approximate surface area is 109 Å². The maximum atomic E-state index is 5.66. The summed E-state index contributed by atoms with van der Waals surface area (Å²) < 4.78 is 5.39. The van der Waals surface area contributed by atoms with E-state index in [1.807, 2.05) is 18.9 Å². The summed E-state index contributed by atoms with van der Waals surface area (Å²) in [5.74, 6) is 1.34. The van der Waals surface area contributed by atoms with Gasteiger partial charge >= 0.3 is 6.01 Å². The summed E-state index contributed by atoms with van der Waals surface area (Å²) in [6, 6.07) is 0.301. The van der Waals surface area contributed by atoms with Gasteiger partial charge in [-0.3, -0.25) is 0 Å². The van der Waals surface area contributed by atoms with Gasteiger partial charge in [-0.15, -0.1) is 0 Å². The van der Waals surface area contributed by atoms with Crippen LogP contribution >= 0.6 is 0 Å². The molecule has 6 heteroatoms. The van der Waals surface area contributed by atoms with Gasteiger partial charge in [0.15, 0.2) is 0 Å². The largest absolute Gasteiger partial charge is 0.463 e. The Kier molecular flexibility index (Phi) is 5.61. The lowest BCUT2D eigenvalue weighted by molar-refractivity contribution is 0.292. The number of nitrogens with two attached hydrogens (primary N) is 1. The van der Waals surface area contributed by atoms with Crippen molar-refractivity contribution >= 4 is 11.9 Å². The average molecular weight is 253 g/mol. The number of nitrogens with zero attached hydrogens (tertiary/aromatic N) is 4. The molecule has 1 atom stereocenters. The van der Waals surface area contributed by atoms with Gasteiger partial charge in [-0.2, -0.15) is 15.0 Å². The Hall–Kier alpha value is -1.59. The maximum Gasteiger partial charge on any atom is 0.323 e. The molecule has 1 aromatic heterocycles. The van der Waals surface area contributed by atoms with Gasteiger partial charge in [0.25, 0.3) is 0 Å². The van der Waals surface area contributed by atoms with Gasteiger partial charge < -0.3 is 15.4 Å². The standard InChI is InChI=1S/C12H23N5O/c1-5-7-18-12-15-10(13)14-11(16-12)17(4)8-9(3)6-2/h9H,5-8H2,1-4H3,(H2,13,14,15,16). The van der Waals surface area contributed by atoms with Crippen molar-refractivity contribution in [3.8, 4) is 6.01 Å². The van der Waals surface area contributed by atoms with Crippen molar-refractivity contribution < 1.29 is 4.74 Å². The summed E-state index contributed by atoms with van der Waals surface area (Å²) in [5.41, 5.74) is 5.66. The number of anilines is 2. The summed E-state index contributed by atoms with van der Waals surface area (Å²) in [4.78, 5) is 14.3. The molecule has 1 aromatic rings. The van der Waals surface area contributed by atoms with E-state index in [1.54, 1.807) is 0 Å². The zero-order chi connectivity index (χ0) is 13.5. The highest BCUT2D eigenvalue weighted by Crippen LogP contribution is 2.14. The molecule has 2 N–H and O–H groups in total. The van der Waals surface area contributed by atoms with Crippen molar-refractivity contribution in [1.82, 2.24) is 15.0 Å². The summed E-state index contributed by atoms with van der Waals surface area (Å²) in [6.45, 7) is 7.84. The zero-order valence-corrected chi connectivity index (χ0v) is 11.7. The van der Waals surface area contributed by atoms with Crippen LogP contribution in [0.1, 0.15) is 33.6 Å². The summed E-state index contributed by atoms with van der Waals surface area (Å²) in [5, 5.41) is 0. The first-order chi connectivity index (χ1) is 8.56. The van der Waals surface area contributed by atoms with Crippen LogP contribution in [0.4, 0.5) is 11.9 Å². The molecule has 0 fully saturated rings. The van der Waals surface area contributed by atoms with Crippen LogP contribution < -0.4 is 15.4 Å². The van der Waals surface area contributed by atoms with Crippen molar-refractivity contribution in [2.24, 2.45) is 5.92 Å². The third-order valence-electron chi connectivity index (χ3n) is 2.68. The van der Waals surface area contributed by atoms with Crippen LogP contribution in [-0.2, 0) is 0 Å². The molecular formula is C12H23N5O. The van der Waals surface area contributed by atoms with Gasteiger partial charge in [0.1, 0.15) is 0 Å². The third kappa shape index (κ3) is 4.35. The molecule has 0 bridgehead atoms. The maximum absolute atomic E-state index is 5.66.